The fourth-order valence-corrected chi connectivity index (χ4v) is 4.67. The SMILES string of the molecule is O=S(=O)(Nc1ccc2[nH]c(O)c(C=C3N=c4ccccc4=N3)c2c1)c1ccc(Br)cc1. The van der Waals surface area contributed by atoms with Crippen LogP contribution in [0.15, 0.2) is 91.9 Å². The number of halogens is 1. The second-order valence-corrected chi connectivity index (χ2v) is 9.52. The number of fused-ring (bicyclic) bond motifs is 2. The number of sulfonamides is 1. The number of benzene rings is 3. The summed E-state index contributed by atoms with van der Waals surface area (Å²) in [6, 6.07) is 18.9. The van der Waals surface area contributed by atoms with Crippen LogP contribution in [0.25, 0.3) is 17.0 Å². The van der Waals surface area contributed by atoms with Gasteiger partial charge in [-0.2, -0.15) is 0 Å². The zero-order valence-electron chi connectivity index (χ0n) is 15.9. The van der Waals surface area contributed by atoms with Crippen molar-refractivity contribution in [3.8, 4) is 5.88 Å². The molecule has 4 aromatic rings. The summed E-state index contributed by atoms with van der Waals surface area (Å²) in [6.07, 6.45) is 1.67. The Bertz CT molecular complexity index is 1550. The number of nitrogens with one attached hydrogen (secondary N) is 2. The van der Waals surface area contributed by atoms with Crippen LogP contribution >= 0.6 is 15.9 Å². The number of aromatic hydroxyl groups is 1. The molecule has 0 spiro atoms. The van der Waals surface area contributed by atoms with Crippen molar-refractivity contribution in [2.24, 2.45) is 9.98 Å². The third-order valence-electron chi connectivity index (χ3n) is 4.82. The molecule has 1 aliphatic rings. The van der Waals surface area contributed by atoms with Gasteiger partial charge in [-0.05, 0) is 60.7 Å². The van der Waals surface area contributed by atoms with Gasteiger partial charge in [0.15, 0.2) is 11.7 Å². The second-order valence-electron chi connectivity index (χ2n) is 6.92. The predicted molar refractivity (Wildman–Crippen MR) is 122 cm³/mol. The third kappa shape index (κ3) is 3.73. The van der Waals surface area contributed by atoms with Gasteiger partial charge in [0, 0.05) is 26.6 Å². The van der Waals surface area contributed by atoms with Crippen LogP contribution < -0.4 is 15.4 Å². The number of aromatic nitrogens is 1. The molecule has 7 nitrogen and oxygen atoms in total. The zero-order valence-corrected chi connectivity index (χ0v) is 18.3. The van der Waals surface area contributed by atoms with Gasteiger partial charge in [0.25, 0.3) is 10.0 Å². The van der Waals surface area contributed by atoms with E-state index in [1.807, 2.05) is 24.3 Å². The number of nitrogens with zero attached hydrogens (tertiary/aromatic N) is 2. The highest BCUT2D eigenvalue weighted by atomic mass is 79.9. The van der Waals surface area contributed by atoms with Gasteiger partial charge in [-0.3, -0.25) is 4.72 Å². The van der Waals surface area contributed by atoms with Crippen molar-refractivity contribution >= 4 is 48.6 Å². The van der Waals surface area contributed by atoms with Crippen molar-refractivity contribution in [2.75, 3.05) is 4.72 Å². The molecule has 0 saturated carbocycles. The average Bonchev–Trinajstić information content (AvgIpc) is 3.29. The number of hydrogen-bond donors (Lipinski definition) is 3. The molecule has 0 amide bonds. The van der Waals surface area contributed by atoms with Crippen LogP contribution in [0.5, 0.6) is 5.88 Å². The Morgan fingerprint density at radius 2 is 1.65 bits per heavy atom. The molecular formula is C22H15BrN4O3S. The molecule has 1 aromatic heterocycles. The summed E-state index contributed by atoms with van der Waals surface area (Å²) in [5, 5.41) is 12.6. The Hall–Kier alpha value is -3.43. The minimum Gasteiger partial charge on any atom is -0.494 e. The van der Waals surface area contributed by atoms with Gasteiger partial charge in [-0.15, -0.1) is 0 Å². The van der Waals surface area contributed by atoms with Crippen LogP contribution in [0.4, 0.5) is 5.69 Å². The Morgan fingerprint density at radius 1 is 0.968 bits per heavy atom. The molecule has 1 aliphatic heterocycles. The summed E-state index contributed by atoms with van der Waals surface area (Å²) in [4.78, 5) is 12.0. The van der Waals surface area contributed by atoms with Crippen LogP contribution in [-0.4, -0.2) is 18.5 Å². The molecule has 0 radical (unpaired) electrons. The van der Waals surface area contributed by atoms with E-state index in [-0.39, 0.29) is 10.8 Å². The van der Waals surface area contributed by atoms with E-state index in [0.29, 0.717) is 28.0 Å². The van der Waals surface area contributed by atoms with E-state index < -0.39 is 10.0 Å². The maximum Gasteiger partial charge on any atom is 0.261 e. The monoisotopic (exact) mass is 494 g/mol. The molecule has 0 bridgehead atoms. The van der Waals surface area contributed by atoms with E-state index in [1.165, 1.54) is 12.1 Å². The minimum absolute atomic E-state index is 0.0447. The lowest BCUT2D eigenvalue weighted by atomic mass is 10.1. The first-order valence-corrected chi connectivity index (χ1v) is 11.5. The molecule has 154 valence electrons. The van der Waals surface area contributed by atoms with E-state index in [9.17, 15) is 13.5 Å². The highest BCUT2D eigenvalue weighted by Gasteiger charge is 2.16. The third-order valence-corrected chi connectivity index (χ3v) is 6.75. The summed E-state index contributed by atoms with van der Waals surface area (Å²) in [5.41, 5.74) is 1.51. The number of anilines is 1. The zero-order chi connectivity index (χ0) is 21.6. The summed E-state index contributed by atoms with van der Waals surface area (Å²) >= 11 is 3.30. The maximum atomic E-state index is 12.7. The molecule has 5 rings (SSSR count). The van der Waals surface area contributed by atoms with E-state index in [2.05, 4.69) is 35.6 Å². The Kier molecular flexibility index (Phi) is 4.64. The first kappa shape index (κ1) is 19.5. The highest BCUT2D eigenvalue weighted by molar-refractivity contribution is 9.10. The van der Waals surface area contributed by atoms with Gasteiger partial charge in [0.2, 0.25) is 0 Å². The number of H-pyrrole nitrogens is 1. The van der Waals surface area contributed by atoms with E-state index in [1.54, 1.807) is 36.4 Å². The fourth-order valence-electron chi connectivity index (χ4n) is 3.35. The maximum absolute atomic E-state index is 12.7. The van der Waals surface area contributed by atoms with Crippen molar-refractivity contribution in [3.63, 3.8) is 0 Å². The fraction of sp³-hybridized carbons (Fsp3) is 0. The Labute approximate surface area is 185 Å². The molecule has 0 saturated heterocycles. The lowest BCUT2D eigenvalue weighted by Gasteiger charge is -2.08. The minimum atomic E-state index is -3.76. The van der Waals surface area contributed by atoms with Crippen molar-refractivity contribution < 1.29 is 13.5 Å². The van der Waals surface area contributed by atoms with Gasteiger partial charge in [0.05, 0.1) is 15.6 Å². The molecule has 3 N–H and O–H groups in total. The summed E-state index contributed by atoms with van der Waals surface area (Å²) in [7, 11) is -3.76. The van der Waals surface area contributed by atoms with Crippen LogP contribution in [0, 0.1) is 0 Å². The summed E-state index contributed by atoms with van der Waals surface area (Å²) < 4.78 is 28.8. The van der Waals surface area contributed by atoms with Gasteiger partial charge < -0.3 is 10.1 Å². The number of rotatable bonds is 4. The quantitative estimate of drug-likeness (QED) is 0.402. The van der Waals surface area contributed by atoms with Crippen LogP contribution in [-0.2, 0) is 10.0 Å². The molecule has 0 atom stereocenters. The van der Waals surface area contributed by atoms with Gasteiger partial charge in [-0.1, -0.05) is 28.1 Å². The van der Waals surface area contributed by atoms with Crippen molar-refractivity contribution in [1.82, 2.24) is 4.98 Å². The highest BCUT2D eigenvalue weighted by Crippen LogP contribution is 2.32. The normalized spacial score (nSPS) is 12.9. The molecule has 0 unspecified atom stereocenters. The molecule has 0 fully saturated rings. The van der Waals surface area contributed by atoms with Gasteiger partial charge >= 0.3 is 0 Å². The van der Waals surface area contributed by atoms with E-state index in [0.717, 1.165) is 15.2 Å². The molecular weight excluding hydrogens is 480 g/mol. The van der Waals surface area contributed by atoms with Gasteiger partial charge in [0.1, 0.15) is 0 Å². The van der Waals surface area contributed by atoms with Crippen LogP contribution in [0.3, 0.4) is 0 Å². The lowest BCUT2D eigenvalue weighted by Crippen LogP contribution is -2.19. The molecule has 3 aromatic carbocycles. The summed E-state index contributed by atoms with van der Waals surface area (Å²) in [5.74, 6) is 0.412. The predicted octanol–water partition coefficient (Wildman–Crippen LogP) is 3.69. The Morgan fingerprint density at radius 3 is 2.32 bits per heavy atom. The topological polar surface area (TPSA) is 107 Å². The van der Waals surface area contributed by atoms with Crippen molar-refractivity contribution in [2.45, 2.75) is 4.90 Å². The van der Waals surface area contributed by atoms with Gasteiger partial charge in [-0.25, -0.2) is 18.4 Å². The number of para-hydroxylation sites is 2. The van der Waals surface area contributed by atoms with Crippen LogP contribution in [0.1, 0.15) is 5.56 Å². The molecule has 9 heteroatoms. The average molecular weight is 495 g/mol. The molecule has 0 aliphatic carbocycles. The number of aromatic amines is 1. The van der Waals surface area contributed by atoms with Crippen LogP contribution in [0.2, 0.25) is 0 Å². The molecule has 2 heterocycles. The first-order chi connectivity index (χ1) is 14.9. The van der Waals surface area contributed by atoms with E-state index >= 15 is 0 Å². The number of hydrogen-bond acceptors (Lipinski definition) is 5. The standard InChI is InChI=1S/C22H15BrN4O3S/c23-13-5-8-15(9-6-13)31(29,30)27-14-7-10-18-16(11-14)17(22(28)26-18)12-21-24-19-3-1-2-4-20(19)25-21/h1-12,26-28H. The first-order valence-electron chi connectivity index (χ1n) is 9.26. The Balaban J connectivity index is 1.54. The smallest absolute Gasteiger partial charge is 0.261 e. The molecule has 31 heavy (non-hydrogen) atoms. The van der Waals surface area contributed by atoms with Crippen molar-refractivity contribution in [1.29, 1.82) is 0 Å². The lowest BCUT2D eigenvalue weighted by molar-refractivity contribution is 0.457. The van der Waals surface area contributed by atoms with E-state index in [4.69, 9.17) is 0 Å². The largest absolute Gasteiger partial charge is 0.494 e. The van der Waals surface area contributed by atoms with Crippen molar-refractivity contribution in [3.05, 3.63) is 93.3 Å². The second kappa shape index (κ2) is 7.36. The summed E-state index contributed by atoms with van der Waals surface area (Å²) in [6.45, 7) is 0.